The SMILES string of the molecule is CCC(C)CC(=O)CC(C)COC. The minimum atomic E-state index is 0.363. The van der Waals surface area contributed by atoms with Gasteiger partial charge < -0.3 is 4.74 Å². The highest BCUT2D eigenvalue weighted by Gasteiger charge is 2.11. The lowest BCUT2D eigenvalue weighted by Gasteiger charge is -2.11. The minimum absolute atomic E-state index is 0.363. The number of carbonyl (C=O) groups excluding carboxylic acids is 1. The summed E-state index contributed by atoms with van der Waals surface area (Å²) in [5, 5.41) is 0. The van der Waals surface area contributed by atoms with Crippen molar-refractivity contribution in [2.24, 2.45) is 11.8 Å². The molecule has 0 aromatic rings. The lowest BCUT2D eigenvalue weighted by Crippen LogP contribution is -2.12. The minimum Gasteiger partial charge on any atom is -0.384 e. The van der Waals surface area contributed by atoms with Crippen molar-refractivity contribution in [2.45, 2.75) is 40.0 Å². The van der Waals surface area contributed by atoms with Gasteiger partial charge in [-0.25, -0.2) is 0 Å². The lowest BCUT2D eigenvalue weighted by atomic mass is 9.96. The molecule has 0 aliphatic rings. The predicted octanol–water partition coefficient (Wildman–Crippen LogP) is 2.66. The van der Waals surface area contributed by atoms with Crippen molar-refractivity contribution in [3.8, 4) is 0 Å². The van der Waals surface area contributed by atoms with Gasteiger partial charge >= 0.3 is 0 Å². The molecular formula is C11H22O2. The standard InChI is InChI=1S/C11H22O2/c1-5-9(2)6-11(12)7-10(3)8-13-4/h9-10H,5-8H2,1-4H3. The van der Waals surface area contributed by atoms with Crippen LogP contribution in [0.1, 0.15) is 40.0 Å². The average molecular weight is 186 g/mol. The molecule has 0 spiro atoms. The smallest absolute Gasteiger partial charge is 0.133 e. The van der Waals surface area contributed by atoms with Gasteiger partial charge in [-0.2, -0.15) is 0 Å². The fraction of sp³-hybridized carbons (Fsp3) is 0.909. The molecule has 0 heterocycles. The number of ketones is 1. The van der Waals surface area contributed by atoms with Crippen LogP contribution >= 0.6 is 0 Å². The molecule has 0 N–H and O–H groups in total. The summed E-state index contributed by atoms with van der Waals surface area (Å²) in [7, 11) is 1.68. The van der Waals surface area contributed by atoms with Crippen LogP contribution in [0.25, 0.3) is 0 Å². The quantitative estimate of drug-likeness (QED) is 0.611. The van der Waals surface area contributed by atoms with Gasteiger partial charge in [-0.3, -0.25) is 4.79 Å². The predicted molar refractivity (Wildman–Crippen MR) is 54.7 cm³/mol. The monoisotopic (exact) mass is 186 g/mol. The van der Waals surface area contributed by atoms with E-state index in [9.17, 15) is 4.79 Å². The second-order valence-corrected chi connectivity index (χ2v) is 4.02. The van der Waals surface area contributed by atoms with E-state index in [1.807, 2.05) is 0 Å². The molecule has 0 radical (unpaired) electrons. The van der Waals surface area contributed by atoms with Gasteiger partial charge in [-0.15, -0.1) is 0 Å². The fourth-order valence-electron chi connectivity index (χ4n) is 1.35. The number of Topliss-reactive ketones (excluding diaryl/α,β-unsaturated/α-hetero) is 1. The maximum absolute atomic E-state index is 11.4. The van der Waals surface area contributed by atoms with Crippen molar-refractivity contribution < 1.29 is 9.53 Å². The Bertz CT molecular complexity index is 143. The van der Waals surface area contributed by atoms with E-state index < -0.39 is 0 Å². The molecule has 0 amide bonds. The van der Waals surface area contributed by atoms with Crippen LogP contribution in [0.2, 0.25) is 0 Å². The molecule has 13 heavy (non-hydrogen) atoms. The summed E-state index contributed by atoms with van der Waals surface area (Å²) in [6.45, 7) is 6.99. The van der Waals surface area contributed by atoms with Gasteiger partial charge in [0.2, 0.25) is 0 Å². The Morgan fingerprint density at radius 2 is 1.77 bits per heavy atom. The molecule has 0 aliphatic heterocycles. The topological polar surface area (TPSA) is 26.3 Å². The van der Waals surface area contributed by atoms with Crippen molar-refractivity contribution in [3.05, 3.63) is 0 Å². The Morgan fingerprint density at radius 3 is 2.23 bits per heavy atom. The van der Waals surface area contributed by atoms with E-state index >= 15 is 0 Å². The highest BCUT2D eigenvalue weighted by atomic mass is 16.5. The summed E-state index contributed by atoms with van der Waals surface area (Å²) in [5.41, 5.74) is 0. The van der Waals surface area contributed by atoms with Crippen LogP contribution in [-0.2, 0) is 9.53 Å². The molecule has 0 fully saturated rings. The molecule has 0 saturated heterocycles. The zero-order chi connectivity index (χ0) is 10.3. The first-order valence-electron chi connectivity index (χ1n) is 5.10. The average Bonchev–Trinajstić information content (AvgIpc) is 2.04. The maximum Gasteiger partial charge on any atom is 0.133 e. The first kappa shape index (κ1) is 12.6. The molecule has 0 bridgehead atoms. The molecule has 2 unspecified atom stereocenters. The van der Waals surface area contributed by atoms with Crippen LogP contribution in [-0.4, -0.2) is 19.5 Å². The van der Waals surface area contributed by atoms with Crippen LogP contribution in [0.3, 0.4) is 0 Å². The molecule has 0 aliphatic carbocycles. The summed E-state index contributed by atoms with van der Waals surface area (Å²) in [6, 6.07) is 0. The van der Waals surface area contributed by atoms with Crippen molar-refractivity contribution in [1.82, 2.24) is 0 Å². The maximum atomic E-state index is 11.4. The fourth-order valence-corrected chi connectivity index (χ4v) is 1.35. The molecule has 78 valence electrons. The Balaban J connectivity index is 3.61. The van der Waals surface area contributed by atoms with E-state index in [1.54, 1.807) is 7.11 Å². The van der Waals surface area contributed by atoms with E-state index in [4.69, 9.17) is 4.74 Å². The van der Waals surface area contributed by atoms with Gasteiger partial charge in [0.1, 0.15) is 5.78 Å². The van der Waals surface area contributed by atoms with Gasteiger partial charge in [-0.1, -0.05) is 27.2 Å². The normalized spacial score (nSPS) is 15.4. The Labute approximate surface area is 81.7 Å². The number of ether oxygens (including phenoxy) is 1. The molecule has 2 nitrogen and oxygen atoms in total. The van der Waals surface area contributed by atoms with E-state index in [0.29, 0.717) is 30.6 Å². The molecule has 0 aromatic heterocycles. The highest BCUT2D eigenvalue weighted by molar-refractivity contribution is 5.78. The highest BCUT2D eigenvalue weighted by Crippen LogP contribution is 2.12. The summed E-state index contributed by atoms with van der Waals surface area (Å²) in [5.74, 6) is 1.27. The zero-order valence-corrected chi connectivity index (χ0v) is 9.30. The lowest BCUT2D eigenvalue weighted by molar-refractivity contribution is -0.121. The second-order valence-electron chi connectivity index (χ2n) is 4.02. The van der Waals surface area contributed by atoms with Gasteiger partial charge in [0.25, 0.3) is 0 Å². The summed E-state index contributed by atoms with van der Waals surface area (Å²) < 4.78 is 4.98. The van der Waals surface area contributed by atoms with Gasteiger partial charge in [0.15, 0.2) is 0 Å². The first-order valence-corrected chi connectivity index (χ1v) is 5.10. The number of hydrogen-bond donors (Lipinski definition) is 0. The molecule has 0 rings (SSSR count). The zero-order valence-electron chi connectivity index (χ0n) is 9.30. The van der Waals surface area contributed by atoms with Crippen LogP contribution in [0.4, 0.5) is 0 Å². The second kappa shape index (κ2) is 7.07. The number of carbonyl (C=O) groups is 1. The van der Waals surface area contributed by atoms with Crippen LogP contribution in [0.5, 0.6) is 0 Å². The Hall–Kier alpha value is -0.370. The summed E-state index contributed by atoms with van der Waals surface area (Å²) in [4.78, 5) is 11.4. The van der Waals surface area contributed by atoms with Crippen molar-refractivity contribution in [2.75, 3.05) is 13.7 Å². The van der Waals surface area contributed by atoms with Gasteiger partial charge in [0.05, 0.1) is 0 Å². The number of hydrogen-bond acceptors (Lipinski definition) is 2. The van der Waals surface area contributed by atoms with E-state index in [2.05, 4.69) is 20.8 Å². The first-order chi connectivity index (χ1) is 6.10. The van der Waals surface area contributed by atoms with E-state index in [-0.39, 0.29) is 0 Å². The molecular weight excluding hydrogens is 164 g/mol. The Morgan fingerprint density at radius 1 is 1.23 bits per heavy atom. The van der Waals surface area contributed by atoms with Gasteiger partial charge in [-0.05, 0) is 11.8 Å². The Kier molecular flexibility index (Phi) is 6.87. The molecule has 2 heteroatoms. The molecule has 0 saturated carbocycles. The van der Waals surface area contributed by atoms with Crippen molar-refractivity contribution >= 4 is 5.78 Å². The summed E-state index contributed by atoms with van der Waals surface area (Å²) in [6.07, 6.45) is 2.48. The third kappa shape index (κ3) is 6.76. The summed E-state index contributed by atoms with van der Waals surface area (Å²) >= 11 is 0. The number of rotatable bonds is 7. The van der Waals surface area contributed by atoms with Crippen molar-refractivity contribution in [3.63, 3.8) is 0 Å². The van der Waals surface area contributed by atoms with Crippen LogP contribution < -0.4 is 0 Å². The van der Waals surface area contributed by atoms with Crippen LogP contribution in [0, 0.1) is 11.8 Å². The van der Waals surface area contributed by atoms with Gasteiger partial charge in [0, 0.05) is 26.6 Å². The van der Waals surface area contributed by atoms with E-state index in [1.165, 1.54) is 0 Å². The largest absolute Gasteiger partial charge is 0.384 e. The third-order valence-corrected chi connectivity index (χ3v) is 2.30. The van der Waals surface area contributed by atoms with Crippen molar-refractivity contribution in [1.29, 1.82) is 0 Å². The van der Waals surface area contributed by atoms with Crippen LogP contribution in [0.15, 0.2) is 0 Å². The van der Waals surface area contributed by atoms with E-state index in [0.717, 1.165) is 12.8 Å². The molecule has 2 atom stereocenters. The third-order valence-electron chi connectivity index (χ3n) is 2.30. The molecule has 0 aromatic carbocycles. The number of methoxy groups -OCH3 is 1.